The Hall–Kier alpha value is -2.94. The standard InChI is InChI=1S/C26H20S2/c27-25(23-15-11-21(12-16-23)19-7-3-1-4-8-19)26(28)24-17-13-22(14-18-24)20-9-5-2-6-10-20/h1-18,27-28H/p-2/b26-25+. The summed E-state index contributed by atoms with van der Waals surface area (Å²) in [6, 6.07) is 37.2. The highest BCUT2D eigenvalue weighted by atomic mass is 32.1. The molecule has 0 aliphatic rings. The molecule has 2 heteroatoms. The van der Waals surface area contributed by atoms with Crippen LogP contribution in [0.4, 0.5) is 0 Å². The first-order valence-electron chi connectivity index (χ1n) is 9.12. The van der Waals surface area contributed by atoms with E-state index in [4.69, 9.17) is 25.3 Å². The fraction of sp³-hybridized carbons (Fsp3) is 0. The Bertz CT molecular complexity index is 988. The highest BCUT2D eigenvalue weighted by molar-refractivity contribution is 7.77. The van der Waals surface area contributed by atoms with Crippen molar-refractivity contribution in [2.45, 2.75) is 0 Å². The van der Waals surface area contributed by atoms with Crippen molar-refractivity contribution >= 4 is 35.1 Å². The van der Waals surface area contributed by atoms with Gasteiger partial charge in [-0.2, -0.15) is 9.81 Å². The van der Waals surface area contributed by atoms with E-state index < -0.39 is 0 Å². The molecule has 0 aliphatic heterocycles. The molecule has 0 aliphatic carbocycles. The first-order chi connectivity index (χ1) is 13.7. The van der Waals surface area contributed by atoms with Crippen LogP contribution >= 0.6 is 0 Å². The third-order valence-electron chi connectivity index (χ3n) is 4.71. The summed E-state index contributed by atoms with van der Waals surface area (Å²) in [5.41, 5.74) is 6.69. The van der Waals surface area contributed by atoms with Crippen molar-refractivity contribution in [3.8, 4) is 22.3 Å². The minimum absolute atomic E-state index is 0.710. The van der Waals surface area contributed by atoms with Crippen LogP contribution in [0.3, 0.4) is 0 Å². The second-order valence-electron chi connectivity index (χ2n) is 6.54. The largest absolute Gasteiger partial charge is 0.781 e. The Morgan fingerprint density at radius 1 is 0.357 bits per heavy atom. The van der Waals surface area contributed by atoms with Crippen molar-refractivity contribution in [2.24, 2.45) is 0 Å². The van der Waals surface area contributed by atoms with Crippen molar-refractivity contribution in [1.82, 2.24) is 0 Å². The monoisotopic (exact) mass is 394 g/mol. The van der Waals surface area contributed by atoms with E-state index in [9.17, 15) is 0 Å². The molecule has 0 atom stereocenters. The minimum atomic E-state index is 0.710. The van der Waals surface area contributed by atoms with Gasteiger partial charge < -0.3 is 25.3 Å². The van der Waals surface area contributed by atoms with Crippen LogP contribution in [0.15, 0.2) is 109 Å². The molecule has 0 unspecified atom stereocenters. The van der Waals surface area contributed by atoms with Gasteiger partial charge >= 0.3 is 0 Å². The average Bonchev–Trinajstić information content (AvgIpc) is 2.79. The number of hydrogen-bond donors (Lipinski definition) is 0. The summed E-state index contributed by atoms with van der Waals surface area (Å²) in [4.78, 5) is 1.42. The van der Waals surface area contributed by atoms with Crippen LogP contribution in [-0.2, 0) is 25.3 Å². The van der Waals surface area contributed by atoms with E-state index in [1.165, 1.54) is 22.3 Å². The van der Waals surface area contributed by atoms with E-state index in [2.05, 4.69) is 72.8 Å². The maximum absolute atomic E-state index is 5.67. The van der Waals surface area contributed by atoms with Gasteiger partial charge in [-0.05, 0) is 33.4 Å². The maximum Gasteiger partial charge on any atom is -0.0184 e. The van der Waals surface area contributed by atoms with Gasteiger partial charge in [-0.25, -0.2) is 0 Å². The topological polar surface area (TPSA) is 0 Å². The summed E-state index contributed by atoms with van der Waals surface area (Å²) >= 11 is 11.3. The lowest BCUT2D eigenvalue weighted by atomic mass is 10.0. The molecule has 0 heterocycles. The van der Waals surface area contributed by atoms with Crippen LogP contribution in [0.1, 0.15) is 11.1 Å². The van der Waals surface area contributed by atoms with Gasteiger partial charge in [0.25, 0.3) is 0 Å². The summed E-state index contributed by atoms with van der Waals surface area (Å²) < 4.78 is 0. The molecule has 0 nitrogen and oxygen atoms in total. The van der Waals surface area contributed by atoms with E-state index in [-0.39, 0.29) is 0 Å². The van der Waals surface area contributed by atoms with Gasteiger partial charge in [0, 0.05) is 0 Å². The highest BCUT2D eigenvalue weighted by Crippen LogP contribution is 2.28. The summed E-state index contributed by atoms with van der Waals surface area (Å²) in [5.74, 6) is 0. The van der Waals surface area contributed by atoms with Gasteiger partial charge in [0.15, 0.2) is 0 Å². The maximum atomic E-state index is 5.67. The van der Waals surface area contributed by atoms with Gasteiger partial charge in [-0.15, -0.1) is 0 Å². The molecule has 4 aromatic rings. The second kappa shape index (κ2) is 8.39. The Labute approximate surface area is 177 Å². The second-order valence-corrected chi connectivity index (χ2v) is 7.36. The van der Waals surface area contributed by atoms with Gasteiger partial charge in [-0.3, -0.25) is 0 Å². The normalized spacial score (nSPS) is 11.7. The molecule has 0 bridgehead atoms. The molecule has 0 fully saturated rings. The van der Waals surface area contributed by atoms with E-state index in [0.29, 0.717) is 9.81 Å². The van der Waals surface area contributed by atoms with E-state index in [0.717, 1.165) is 11.1 Å². The number of hydrogen-bond acceptors (Lipinski definition) is 2. The van der Waals surface area contributed by atoms with Crippen LogP contribution in [-0.4, -0.2) is 0 Å². The first kappa shape index (κ1) is 18.4. The van der Waals surface area contributed by atoms with Gasteiger partial charge in [0.05, 0.1) is 0 Å². The third-order valence-corrected chi connectivity index (χ3v) is 5.72. The van der Waals surface area contributed by atoms with Crippen molar-refractivity contribution in [3.05, 3.63) is 120 Å². The highest BCUT2D eigenvalue weighted by Gasteiger charge is 1.99. The molecule has 0 amide bonds. The molecule has 28 heavy (non-hydrogen) atoms. The first-order valence-corrected chi connectivity index (χ1v) is 9.94. The minimum Gasteiger partial charge on any atom is -0.781 e. The Balaban J connectivity index is 1.60. The fourth-order valence-electron chi connectivity index (χ4n) is 3.15. The molecule has 0 radical (unpaired) electrons. The van der Waals surface area contributed by atoms with Crippen molar-refractivity contribution in [1.29, 1.82) is 0 Å². The van der Waals surface area contributed by atoms with Crippen LogP contribution in [0.5, 0.6) is 0 Å². The number of benzene rings is 4. The average molecular weight is 395 g/mol. The molecule has 0 aromatic heterocycles. The Morgan fingerprint density at radius 2 is 0.643 bits per heavy atom. The van der Waals surface area contributed by atoms with Crippen LogP contribution in [0.2, 0.25) is 0 Å². The quantitative estimate of drug-likeness (QED) is 0.272. The molecular formula is C26H18S2-2. The lowest BCUT2D eigenvalue weighted by Crippen LogP contribution is -1.89. The molecule has 4 aromatic carbocycles. The molecule has 0 spiro atoms. The predicted octanol–water partition coefficient (Wildman–Crippen LogP) is 6.94. The SMILES string of the molecule is [S-]/C(=C(/[S-])c1ccc(-c2ccccc2)cc1)c1ccc(-c2ccccc2)cc1. The fourth-order valence-corrected chi connectivity index (χ4v) is 3.66. The zero-order valence-electron chi connectivity index (χ0n) is 15.2. The molecule has 0 N–H and O–H groups in total. The van der Waals surface area contributed by atoms with E-state index in [1.54, 1.807) is 0 Å². The van der Waals surface area contributed by atoms with Crippen molar-refractivity contribution < 1.29 is 0 Å². The molecule has 136 valence electrons. The van der Waals surface area contributed by atoms with Crippen LogP contribution < -0.4 is 0 Å². The van der Waals surface area contributed by atoms with Crippen molar-refractivity contribution in [3.63, 3.8) is 0 Å². The Morgan fingerprint density at radius 3 is 0.964 bits per heavy atom. The lowest BCUT2D eigenvalue weighted by molar-refractivity contribution is 1.58. The van der Waals surface area contributed by atoms with E-state index in [1.807, 2.05) is 36.4 Å². The summed E-state index contributed by atoms with van der Waals surface area (Å²) in [7, 11) is 0. The third kappa shape index (κ3) is 3.99. The summed E-state index contributed by atoms with van der Waals surface area (Å²) in [6.45, 7) is 0. The van der Waals surface area contributed by atoms with Crippen LogP contribution in [0, 0.1) is 0 Å². The Kier molecular flexibility index (Phi) is 5.52. The van der Waals surface area contributed by atoms with Crippen LogP contribution in [0.25, 0.3) is 32.1 Å². The molecule has 4 rings (SSSR count). The summed E-state index contributed by atoms with van der Waals surface area (Å²) in [5, 5.41) is 0. The van der Waals surface area contributed by atoms with Gasteiger partial charge in [0.1, 0.15) is 0 Å². The van der Waals surface area contributed by atoms with Crippen molar-refractivity contribution in [2.75, 3.05) is 0 Å². The summed E-state index contributed by atoms with van der Waals surface area (Å²) in [6.07, 6.45) is 0. The molecular weight excluding hydrogens is 376 g/mol. The zero-order chi connectivity index (χ0) is 19.3. The lowest BCUT2D eigenvalue weighted by Gasteiger charge is -2.26. The molecule has 0 saturated carbocycles. The zero-order valence-corrected chi connectivity index (χ0v) is 16.8. The number of rotatable bonds is 4. The molecule has 0 saturated heterocycles. The van der Waals surface area contributed by atoms with Gasteiger partial charge in [0.2, 0.25) is 0 Å². The van der Waals surface area contributed by atoms with E-state index >= 15 is 0 Å². The smallest absolute Gasteiger partial charge is 0.0184 e. The predicted molar refractivity (Wildman–Crippen MR) is 125 cm³/mol. The van der Waals surface area contributed by atoms with Gasteiger partial charge in [-0.1, -0.05) is 109 Å².